The quantitative estimate of drug-likeness (QED) is 0.654. The van der Waals surface area contributed by atoms with Crippen LogP contribution in [0.25, 0.3) is 0 Å². The molecule has 0 aliphatic carbocycles. The predicted molar refractivity (Wildman–Crippen MR) is 105 cm³/mol. The average Bonchev–Trinajstić information content (AvgIpc) is 2.98. The van der Waals surface area contributed by atoms with Gasteiger partial charge in [-0.05, 0) is 30.5 Å². The maximum absolute atomic E-state index is 13.0. The van der Waals surface area contributed by atoms with E-state index in [1.165, 1.54) is 0 Å². The number of ether oxygens (including phenoxy) is 1. The summed E-state index contributed by atoms with van der Waals surface area (Å²) >= 11 is 0. The van der Waals surface area contributed by atoms with Crippen molar-refractivity contribution in [3.8, 4) is 0 Å². The molecule has 1 aromatic carbocycles. The van der Waals surface area contributed by atoms with Crippen LogP contribution in [0.15, 0.2) is 18.2 Å². The molecule has 1 unspecified atom stereocenters. The molecule has 1 aromatic rings. The first-order chi connectivity index (χ1) is 14.5. The second-order valence-corrected chi connectivity index (χ2v) is 8.32. The lowest BCUT2D eigenvalue weighted by molar-refractivity contribution is -0.136. The van der Waals surface area contributed by atoms with Gasteiger partial charge in [0.2, 0.25) is 11.8 Å². The minimum Gasteiger partial charge on any atom is -0.375 e. The van der Waals surface area contributed by atoms with Crippen molar-refractivity contribution in [2.45, 2.75) is 44.0 Å². The lowest BCUT2D eigenvalue weighted by Crippen LogP contribution is -2.58. The summed E-state index contributed by atoms with van der Waals surface area (Å²) in [5.74, 6) is -1.91. The molecule has 30 heavy (non-hydrogen) atoms. The molecule has 5 rings (SSSR count). The number of amides is 4. The number of carbonyl (C=O) groups excluding carboxylic acids is 4. The minimum absolute atomic E-state index is 0.115. The highest BCUT2D eigenvalue weighted by molar-refractivity contribution is 6.23. The molecule has 9 heteroatoms. The van der Waals surface area contributed by atoms with Gasteiger partial charge in [-0.15, -0.1) is 0 Å². The van der Waals surface area contributed by atoms with Crippen LogP contribution in [0.5, 0.6) is 0 Å². The van der Waals surface area contributed by atoms with E-state index in [1.807, 2.05) is 6.07 Å². The van der Waals surface area contributed by atoms with Gasteiger partial charge in [-0.2, -0.15) is 0 Å². The monoisotopic (exact) mass is 412 g/mol. The van der Waals surface area contributed by atoms with E-state index in [-0.39, 0.29) is 24.9 Å². The predicted octanol–water partition coefficient (Wildman–Crippen LogP) is -0.349. The fourth-order valence-corrected chi connectivity index (χ4v) is 4.87. The molecule has 3 atom stereocenters. The van der Waals surface area contributed by atoms with Gasteiger partial charge in [-0.3, -0.25) is 34.3 Å². The molecule has 0 radical (unpaired) electrons. The highest BCUT2D eigenvalue weighted by Crippen LogP contribution is 2.29. The van der Waals surface area contributed by atoms with E-state index < -0.39 is 23.8 Å². The summed E-state index contributed by atoms with van der Waals surface area (Å²) in [5, 5.41) is 5.72. The summed E-state index contributed by atoms with van der Waals surface area (Å²) in [4.78, 5) is 52.7. The van der Waals surface area contributed by atoms with Crippen molar-refractivity contribution in [1.29, 1.82) is 0 Å². The van der Waals surface area contributed by atoms with Crippen LogP contribution in [-0.4, -0.2) is 77.9 Å². The molecular weight excluding hydrogens is 388 g/mol. The van der Waals surface area contributed by atoms with Gasteiger partial charge in [0.1, 0.15) is 6.04 Å². The largest absolute Gasteiger partial charge is 0.375 e. The molecule has 4 amide bonds. The molecule has 4 aliphatic heterocycles. The third kappa shape index (κ3) is 3.32. The number of carbonyl (C=O) groups is 4. The van der Waals surface area contributed by atoms with Crippen LogP contribution >= 0.6 is 0 Å². The third-order valence-corrected chi connectivity index (χ3v) is 6.38. The Balaban J connectivity index is 1.31. The Bertz CT molecular complexity index is 932. The van der Waals surface area contributed by atoms with E-state index in [1.54, 1.807) is 12.1 Å². The van der Waals surface area contributed by atoms with Gasteiger partial charge in [-0.1, -0.05) is 6.07 Å². The van der Waals surface area contributed by atoms with Gasteiger partial charge >= 0.3 is 0 Å². The maximum atomic E-state index is 13.0. The number of nitrogens with zero attached hydrogens (tertiary/aromatic N) is 2. The third-order valence-electron chi connectivity index (χ3n) is 6.38. The van der Waals surface area contributed by atoms with Crippen molar-refractivity contribution in [3.05, 3.63) is 34.9 Å². The standard InChI is InChI=1S/C21H24N4O5/c26-18-4-3-16(19(27)23-18)25-20(28)13-2-1-12(9-14(13)21(25)29)10-24-7-5-17-15(11-24)22-6-8-30-17/h1-2,9,15-17,22H,3-8,10-11H2,(H,23,26,27)/t15-,16?,17+/m0/s1. The summed E-state index contributed by atoms with van der Waals surface area (Å²) in [7, 11) is 0. The Hall–Kier alpha value is -2.62. The Labute approximate surface area is 173 Å². The maximum Gasteiger partial charge on any atom is 0.262 e. The summed E-state index contributed by atoms with van der Waals surface area (Å²) < 4.78 is 5.82. The first kappa shape index (κ1) is 19.3. The van der Waals surface area contributed by atoms with Crippen LogP contribution in [0.1, 0.15) is 45.5 Å². The number of hydrogen-bond acceptors (Lipinski definition) is 7. The van der Waals surface area contributed by atoms with Crippen molar-refractivity contribution in [3.63, 3.8) is 0 Å². The molecule has 3 fully saturated rings. The summed E-state index contributed by atoms with van der Waals surface area (Å²) in [5.41, 5.74) is 1.60. The van der Waals surface area contributed by atoms with Gasteiger partial charge in [0.25, 0.3) is 11.8 Å². The first-order valence-corrected chi connectivity index (χ1v) is 10.4. The van der Waals surface area contributed by atoms with E-state index in [9.17, 15) is 19.2 Å². The molecule has 4 aliphatic rings. The SMILES string of the molecule is O=C1CCC(N2C(=O)c3ccc(CN4CC[C@H]5OCCN[C@H]5C4)cc3C2=O)C(=O)N1. The average molecular weight is 412 g/mol. The lowest BCUT2D eigenvalue weighted by atomic mass is 9.99. The van der Waals surface area contributed by atoms with Crippen molar-refractivity contribution < 1.29 is 23.9 Å². The Morgan fingerprint density at radius 2 is 1.90 bits per heavy atom. The number of imide groups is 2. The number of rotatable bonds is 3. The number of morpholine rings is 1. The molecule has 9 nitrogen and oxygen atoms in total. The van der Waals surface area contributed by atoms with E-state index in [4.69, 9.17) is 4.74 Å². The molecule has 3 saturated heterocycles. The van der Waals surface area contributed by atoms with E-state index in [2.05, 4.69) is 15.5 Å². The van der Waals surface area contributed by atoms with E-state index >= 15 is 0 Å². The molecule has 0 spiro atoms. The van der Waals surface area contributed by atoms with Crippen molar-refractivity contribution in [1.82, 2.24) is 20.4 Å². The van der Waals surface area contributed by atoms with Crippen LogP contribution in [0.2, 0.25) is 0 Å². The lowest BCUT2D eigenvalue weighted by Gasteiger charge is -2.41. The fourth-order valence-electron chi connectivity index (χ4n) is 4.87. The molecule has 158 valence electrons. The van der Waals surface area contributed by atoms with Crippen LogP contribution < -0.4 is 10.6 Å². The zero-order chi connectivity index (χ0) is 20.8. The van der Waals surface area contributed by atoms with Crippen LogP contribution in [-0.2, 0) is 20.9 Å². The summed E-state index contributed by atoms with van der Waals surface area (Å²) in [6.45, 7) is 4.08. The molecular formula is C21H24N4O5. The Kier molecular flexibility index (Phi) is 4.88. The van der Waals surface area contributed by atoms with Crippen molar-refractivity contribution >= 4 is 23.6 Å². The van der Waals surface area contributed by atoms with Gasteiger partial charge in [0.15, 0.2) is 0 Å². The summed E-state index contributed by atoms with van der Waals surface area (Å²) in [6, 6.07) is 4.68. The van der Waals surface area contributed by atoms with Crippen LogP contribution in [0, 0.1) is 0 Å². The zero-order valence-corrected chi connectivity index (χ0v) is 16.6. The highest BCUT2D eigenvalue weighted by Gasteiger charge is 2.44. The first-order valence-electron chi connectivity index (χ1n) is 10.4. The highest BCUT2D eigenvalue weighted by atomic mass is 16.5. The topological polar surface area (TPSA) is 108 Å². The van der Waals surface area contributed by atoms with Gasteiger partial charge < -0.3 is 10.1 Å². The van der Waals surface area contributed by atoms with Gasteiger partial charge in [0.05, 0.1) is 23.8 Å². The smallest absolute Gasteiger partial charge is 0.262 e. The van der Waals surface area contributed by atoms with E-state index in [0.29, 0.717) is 23.7 Å². The van der Waals surface area contributed by atoms with Gasteiger partial charge in [0, 0.05) is 38.6 Å². The molecule has 2 N–H and O–H groups in total. The van der Waals surface area contributed by atoms with E-state index in [0.717, 1.165) is 43.1 Å². The van der Waals surface area contributed by atoms with Crippen molar-refractivity contribution in [2.75, 3.05) is 26.2 Å². The molecule has 0 bridgehead atoms. The normalized spacial score (nSPS) is 29.6. The minimum atomic E-state index is -0.935. The number of likely N-dealkylation sites (tertiary alicyclic amines) is 1. The molecule has 0 saturated carbocycles. The van der Waals surface area contributed by atoms with Crippen molar-refractivity contribution in [2.24, 2.45) is 0 Å². The Morgan fingerprint density at radius 1 is 1.07 bits per heavy atom. The number of hydrogen-bond donors (Lipinski definition) is 2. The number of nitrogens with one attached hydrogen (secondary N) is 2. The second-order valence-electron chi connectivity index (χ2n) is 8.32. The molecule has 4 heterocycles. The number of benzene rings is 1. The Morgan fingerprint density at radius 3 is 2.73 bits per heavy atom. The number of fused-ring (bicyclic) bond motifs is 2. The van der Waals surface area contributed by atoms with Crippen LogP contribution in [0.4, 0.5) is 0 Å². The van der Waals surface area contributed by atoms with Gasteiger partial charge in [-0.25, -0.2) is 0 Å². The fraction of sp³-hybridized carbons (Fsp3) is 0.524. The summed E-state index contributed by atoms with van der Waals surface area (Å²) in [6.07, 6.45) is 1.50. The molecule has 0 aromatic heterocycles. The zero-order valence-electron chi connectivity index (χ0n) is 16.6. The van der Waals surface area contributed by atoms with Crippen LogP contribution in [0.3, 0.4) is 0 Å². The number of piperidine rings is 2. The second kappa shape index (κ2) is 7.57.